The van der Waals surface area contributed by atoms with Crippen molar-refractivity contribution in [3.05, 3.63) is 60.2 Å². The second-order valence-corrected chi connectivity index (χ2v) is 3.96. The SMILES string of the molecule is O=C=Nc1cccc(NC(=O)Cc2ccccc2)c1. The zero-order valence-corrected chi connectivity index (χ0v) is 10.2. The van der Waals surface area contributed by atoms with E-state index >= 15 is 0 Å². The molecule has 2 aromatic carbocycles. The van der Waals surface area contributed by atoms with Gasteiger partial charge in [0.25, 0.3) is 0 Å². The van der Waals surface area contributed by atoms with E-state index in [1.807, 2.05) is 30.3 Å². The van der Waals surface area contributed by atoms with Crippen LogP contribution in [0.25, 0.3) is 0 Å². The highest BCUT2D eigenvalue weighted by molar-refractivity contribution is 5.92. The van der Waals surface area contributed by atoms with Crippen LogP contribution in [0.3, 0.4) is 0 Å². The monoisotopic (exact) mass is 252 g/mol. The Morgan fingerprint density at radius 1 is 1.11 bits per heavy atom. The molecule has 2 aromatic rings. The first-order chi connectivity index (χ1) is 9.28. The molecular formula is C15H12N2O2. The lowest BCUT2D eigenvalue weighted by Crippen LogP contribution is -2.14. The minimum atomic E-state index is -0.113. The third-order valence-electron chi connectivity index (χ3n) is 2.51. The van der Waals surface area contributed by atoms with Crippen LogP contribution in [0.4, 0.5) is 11.4 Å². The predicted octanol–water partition coefficient (Wildman–Crippen LogP) is 2.84. The fourth-order valence-corrected chi connectivity index (χ4v) is 1.69. The molecule has 1 amide bonds. The zero-order chi connectivity index (χ0) is 13.5. The van der Waals surface area contributed by atoms with Crippen molar-refractivity contribution in [3.63, 3.8) is 0 Å². The van der Waals surface area contributed by atoms with E-state index in [4.69, 9.17) is 0 Å². The third-order valence-corrected chi connectivity index (χ3v) is 2.51. The fraction of sp³-hybridized carbons (Fsp3) is 0.0667. The van der Waals surface area contributed by atoms with Gasteiger partial charge in [0, 0.05) is 5.69 Å². The molecule has 0 saturated heterocycles. The Morgan fingerprint density at radius 3 is 2.63 bits per heavy atom. The van der Waals surface area contributed by atoms with Gasteiger partial charge in [-0.3, -0.25) is 4.79 Å². The zero-order valence-electron chi connectivity index (χ0n) is 10.2. The number of benzene rings is 2. The van der Waals surface area contributed by atoms with E-state index in [9.17, 15) is 9.59 Å². The second-order valence-electron chi connectivity index (χ2n) is 3.96. The quantitative estimate of drug-likeness (QED) is 0.672. The minimum Gasteiger partial charge on any atom is -0.326 e. The van der Waals surface area contributed by atoms with Crippen molar-refractivity contribution in [2.75, 3.05) is 5.32 Å². The van der Waals surface area contributed by atoms with Gasteiger partial charge in [0.05, 0.1) is 12.1 Å². The van der Waals surface area contributed by atoms with Crippen LogP contribution < -0.4 is 5.32 Å². The molecule has 0 spiro atoms. The van der Waals surface area contributed by atoms with Crippen LogP contribution in [0.1, 0.15) is 5.56 Å². The minimum absolute atomic E-state index is 0.113. The second kappa shape index (κ2) is 6.28. The maximum absolute atomic E-state index is 11.8. The van der Waals surface area contributed by atoms with Gasteiger partial charge in [0.15, 0.2) is 0 Å². The van der Waals surface area contributed by atoms with E-state index in [2.05, 4.69) is 10.3 Å². The normalized spacial score (nSPS) is 9.47. The number of isocyanates is 1. The number of anilines is 1. The summed E-state index contributed by atoms with van der Waals surface area (Å²) in [7, 11) is 0. The molecule has 0 aliphatic heterocycles. The van der Waals surface area contributed by atoms with Crippen LogP contribution in [0.5, 0.6) is 0 Å². The highest BCUT2D eigenvalue weighted by Gasteiger charge is 2.04. The largest absolute Gasteiger partial charge is 0.326 e. The van der Waals surface area contributed by atoms with Crippen molar-refractivity contribution in [1.29, 1.82) is 0 Å². The molecule has 0 aliphatic carbocycles. The molecule has 2 rings (SSSR count). The molecule has 0 bridgehead atoms. The molecule has 0 radical (unpaired) electrons. The molecule has 19 heavy (non-hydrogen) atoms. The van der Waals surface area contributed by atoms with Crippen molar-refractivity contribution in [2.45, 2.75) is 6.42 Å². The number of hydrogen-bond donors (Lipinski definition) is 1. The smallest absolute Gasteiger partial charge is 0.240 e. The average Bonchev–Trinajstić information content (AvgIpc) is 2.40. The summed E-state index contributed by atoms with van der Waals surface area (Å²) in [4.78, 5) is 25.5. The summed E-state index contributed by atoms with van der Waals surface area (Å²) in [5.74, 6) is -0.113. The summed E-state index contributed by atoms with van der Waals surface area (Å²) in [6, 6.07) is 16.2. The first-order valence-electron chi connectivity index (χ1n) is 5.79. The first kappa shape index (κ1) is 12.7. The van der Waals surface area contributed by atoms with Crippen LogP contribution in [-0.4, -0.2) is 12.0 Å². The summed E-state index contributed by atoms with van der Waals surface area (Å²) >= 11 is 0. The summed E-state index contributed by atoms with van der Waals surface area (Å²) in [6.07, 6.45) is 1.77. The van der Waals surface area contributed by atoms with Crippen molar-refractivity contribution >= 4 is 23.4 Å². The number of nitrogens with one attached hydrogen (secondary N) is 1. The van der Waals surface area contributed by atoms with Crippen LogP contribution >= 0.6 is 0 Å². The van der Waals surface area contributed by atoms with Crippen molar-refractivity contribution in [1.82, 2.24) is 0 Å². The molecule has 4 nitrogen and oxygen atoms in total. The molecule has 0 aromatic heterocycles. The molecule has 0 fully saturated rings. The number of nitrogens with zero attached hydrogens (tertiary/aromatic N) is 1. The lowest BCUT2D eigenvalue weighted by molar-refractivity contribution is -0.115. The van der Waals surface area contributed by atoms with Gasteiger partial charge in [-0.1, -0.05) is 36.4 Å². The van der Waals surface area contributed by atoms with E-state index in [0.717, 1.165) is 5.56 Å². The van der Waals surface area contributed by atoms with E-state index in [1.165, 1.54) is 6.08 Å². The number of carbonyl (C=O) groups excluding carboxylic acids is 2. The van der Waals surface area contributed by atoms with Crippen molar-refractivity contribution in [2.24, 2.45) is 4.99 Å². The first-order valence-corrected chi connectivity index (χ1v) is 5.79. The molecule has 0 saturated carbocycles. The molecule has 0 unspecified atom stereocenters. The Morgan fingerprint density at radius 2 is 1.89 bits per heavy atom. The Balaban J connectivity index is 2.03. The molecule has 94 valence electrons. The number of hydrogen-bond acceptors (Lipinski definition) is 3. The lowest BCUT2D eigenvalue weighted by Gasteiger charge is -2.05. The summed E-state index contributed by atoms with van der Waals surface area (Å²) in [5, 5.41) is 2.76. The predicted molar refractivity (Wildman–Crippen MR) is 73.0 cm³/mol. The number of aliphatic imine (C=N–C) groups is 1. The van der Waals surface area contributed by atoms with E-state index in [-0.39, 0.29) is 5.91 Å². The standard InChI is InChI=1S/C15H12N2O2/c18-11-16-13-7-4-8-14(10-13)17-15(19)9-12-5-2-1-3-6-12/h1-8,10H,9H2,(H,17,19). The Bertz CT molecular complexity index is 617. The van der Waals surface area contributed by atoms with Gasteiger partial charge >= 0.3 is 0 Å². The summed E-state index contributed by atoms with van der Waals surface area (Å²) in [6.45, 7) is 0. The number of rotatable bonds is 4. The molecule has 0 aliphatic rings. The Kier molecular flexibility index (Phi) is 4.21. The van der Waals surface area contributed by atoms with Gasteiger partial charge in [-0.05, 0) is 23.8 Å². The van der Waals surface area contributed by atoms with Gasteiger partial charge in [-0.25, -0.2) is 4.79 Å². The highest BCUT2D eigenvalue weighted by Crippen LogP contribution is 2.17. The maximum Gasteiger partial charge on any atom is 0.240 e. The van der Waals surface area contributed by atoms with Gasteiger partial charge < -0.3 is 5.32 Å². The van der Waals surface area contributed by atoms with Gasteiger partial charge in [0.1, 0.15) is 0 Å². The Hall–Kier alpha value is -2.71. The summed E-state index contributed by atoms with van der Waals surface area (Å²) in [5.41, 5.74) is 2.02. The van der Waals surface area contributed by atoms with Gasteiger partial charge in [-0.2, -0.15) is 4.99 Å². The van der Waals surface area contributed by atoms with Gasteiger partial charge in [0.2, 0.25) is 12.0 Å². The molecule has 0 heterocycles. The molecule has 1 N–H and O–H groups in total. The average molecular weight is 252 g/mol. The number of carbonyl (C=O) groups is 1. The fourth-order valence-electron chi connectivity index (χ4n) is 1.69. The highest BCUT2D eigenvalue weighted by atomic mass is 16.1. The maximum atomic E-state index is 11.8. The molecule has 4 heteroatoms. The van der Waals surface area contributed by atoms with Crippen LogP contribution in [0.2, 0.25) is 0 Å². The van der Waals surface area contributed by atoms with E-state index < -0.39 is 0 Å². The number of amides is 1. The van der Waals surface area contributed by atoms with Crippen LogP contribution in [0.15, 0.2) is 59.6 Å². The van der Waals surface area contributed by atoms with E-state index in [0.29, 0.717) is 17.8 Å². The van der Waals surface area contributed by atoms with Crippen molar-refractivity contribution < 1.29 is 9.59 Å². The van der Waals surface area contributed by atoms with Crippen LogP contribution in [0, 0.1) is 0 Å². The van der Waals surface area contributed by atoms with Crippen LogP contribution in [-0.2, 0) is 16.0 Å². The molecular weight excluding hydrogens is 240 g/mol. The lowest BCUT2D eigenvalue weighted by atomic mass is 10.1. The van der Waals surface area contributed by atoms with E-state index in [1.54, 1.807) is 24.3 Å². The van der Waals surface area contributed by atoms with Gasteiger partial charge in [-0.15, -0.1) is 0 Å². The molecule has 0 atom stereocenters. The Labute approximate surface area is 110 Å². The van der Waals surface area contributed by atoms with Crippen molar-refractivity contribution in [3.8, 4) is 0 Å². The summed E-state index contributed by atoms with van der Waals surface area (Å²) < 4.78 is 0. The third kappa shape index (κ3) is 3.91. The topological polar surface area (TPSA) is 58.5 Å².